The summed E-state index contributed by atoms with van der Waals surface area (Å²) in [4.78, 5) is 16.2. The molecule has 9 heteroatoms. The zero-order valence-electron chi connectivity index (χ0n) is 18.8. The number of nitrogens with zero attached hydrogens (tertiary/aromatic N) is 3. The molecule has 4 rings (SSSR count). The summed E-state index contributed by atoms with van der Waals surface area (Å²) in [7, 11) is 0. The minimum Gasteiger partial charge on any atom is -0.489 e. The molecule has 0 saturated heterocycles. The molecule has 1 aliphatic carbocycles. The minimum atomic E-state index is -4.63. The molecule has 0 aliphatic heterocycles. The van der Waals surface area contributed by atoms with Crippen LogP contribution in [0.25, 0.3) is 10.9 Å². The van der Waals surface area contributed by atoms with E-state index in [4.69, 9.17) is 9.84 Å². The van der Waals surface area contributed by atoms with Gasteiger partial charge in [0.2, 0.25) is 0 Å². The zero-order chi connectivity index (χ0) is 23.8. The molecule has 2 aromatic heterocycles. The van der Waals surface area contributed by atoms with Crippen LogP contribution in [0.15, 0.2) is 36.5 Å². The third kappa shape index (κ3) is 5.29. The lowest BCUT2D eigenvalue weighted by atomic mass is 9.87. The predicted octanol–water partition coefficient (Wildman–Crippen LogP) is 6.24. The van der Waals surface area contributed by atoms with Crippen LogP contribution in [0.3, 0.4) is 0 Å². The number of amides is 1. The average Bonchev–Trinajstić information content (AvgIpc) is 3.16. The van der Waals surface area contributed by atoms with Crippen LogP contribution >= 0.6 is 0 Å². The number of nitrogens with one attached hydrogen (secondary N) is 1. The van der Waals surface area contributed by atoms with Gasteiger partial charge in [0.25, 0.3) is 5.91 Å². The van der Waals surface area contributed by atoms with Crippen LogP contribution in [-0.4, -0.2) is 26.8 Å². The second kappa shape index (κ2) is 9.03. The van der Waals surface area contributed by atoms with Gasteiger partial charge in [0.15, 0.2) is 0 Å². The lowest BCUT2D eigenvalue weighted by Gasteiger charge is -2.26. The topological polar surface area (TPSA) is 69.0 Å². The van der Waals surface area contributed by atoms with E-state index in [-0.39, 0.29) is 11.8 Å². The van der Waals surface area contributed by atoms with E-state index in [1.165, 1.54) is 6.07 Å². The van der Waals surface area contributed by atoms with Crippen molar-refractivity contribution in [3.8, 4) is 5.75 Å². The van der Waals surface area contributed by atoms with Gasteiger partial charge in [-0.05, 0) is 63.6 Å². The molecule has 1 fully saturated rings. The maximum atomic E-state index is 13.0. The smallest absolute Gasteiger partial charge is 0.433 e. The van der Waals surface area contributed by atoms with E-state index in [1.807, 2.05) is 24.7 Å². The molecule has 1 aliphatic rings. The minimum absolute atomic E-state index is 0.174. The van der Waals surface area contributed by atoms with Crippen LogP contribution in [0.1, 0.15) is 68.7 Å². The summed E-state index contributed by atoms with van der Waals surface area (Å²) in [5.74, 6) is 0.381. The lowest BCUT2D eigenvalue weighted by Crippen LogP contribution is -2.18. The van der Waals surface area contributed by atoms with Gasteiger partial charge >= 0.3 is 6.18 Å². The SMILES string of the molecule is CC1CCC(n2cc3cc(NC(=O)c4cccc(C(F)(F)F)n4)c(OC(C)C)cc3n2)CC1. The van der Waals surface area contributed by atoms with Crippen LogP contribution in [-0.2, 0) is 6.18 Å². The molecule has 1 aromatic carbocycles. The van der Waals surface area contributed by atoms with Gasteiger partial charge in [0.1, 0.15) is 17.1 Å². The molecule has 3 aromatic rings. The maximum Gasteiger partial charge on any atom is 0.433 e. The highest BCUT2D eigenvalue weighted by molar-refractivity contribution is 6.05. The number of aromatic nitrogens is 3. The van der Waals surface area contributed by atoms with E-state index < -0.39 is 17.8 Å². The maximum absolute atomic E-state index is 13.0. The van der Waals surface area contributed by atoms with Crippen molar-refractivity contribution in [2.75, 3.05) is 5.32 Å². The largest absolute Gasteiger partial charge is 0.489 e. The molecule has 0 unspecified atom stereocenters. The van der Waals surface area contributed by atoms with E-state index in [2.05, 4.69) is 17.2 Å². The summed E-state index contributed by atoms with van der Waals surface area (Å²) in [6, 6.07) is 7.06. The van der Waals surface area contributed by atoms with Crippen LogP contribution < -0.4 is 10.1 Å². The van der Waals surface area contributed by atoms with Gasteiger partial charge in [-0.1, -0.05) is 13.0 Å². The molecule has 1 saturated carbocycles. The van der Waals surface area contributed by atoms with Crippen molar-refractivity contribution < 1.29 is 22.7 Å². The van der Waals surface area contributed by atoms with E-state index in [1.54, 1.807) is 12.1 Å². The number of alkyl halides is 3. The van der Waals surface area contributed by atoms with Gasteiger partial charge in [-0.25, -0.2) is 4.98 Å². The second-order valence-corrected chi connectivity index (χ2v) is 8.96. The Bertz CT molecular complexity index is 1150. The number of fused-ring (bicyclic) bond motifs is 1. The summed E-state index contributed by atoms with van der Waals surface area (Å²) in [5, 5.41) is 8.22. The third-order valence-electron chi connectivity index (χ3n) is 5.87. The number of carbonyl (C=O) groups is 1. The first kappa shape index (κ1) is 23.1. The van der Waals surface area contributed by atoms with Crippen molar-refractivity contribution in [1.82, 2.24) is 14.8 Å². The van der Waals surface area contributed by atoms with Crippen molar-refractivity contribution in [3.05, 3.63) is 47.9 Å². The highest BCUT2D eigenvalue weighted by atomic mass is 19.4. The Kier molecular flexibility index (Phi) is 6.32. The summed E-state index contributed by atoms with van der Waals surface area (Å²) >= 11 is 0. The second-order valence-electron chi connectivity index (χ2n) is 8.96. The Morgan fingerprint density at radius 3 is 2.58 bits per heavy atom. The van der Waals surface area contributed by atoms with Gasteiger partial charge in [0, 0.05) is 17.6 Å². The zero-order valence-corrected chi connectivity index (χ0v) is 18.8. The molecule has 33 heavy (non-hydrogen) atoms. The van der Waals surface area contributed by atoms with Crippen LogP contribution in [0, 0.1) is 5.92 Å². The van der Waals surface area contributed by atoms with Gasteiger partial charge in [0.05, 0.1) is 23.3 Å². The fourth-order valence-electron chi connectivity index (χ4n) is 4.12. The molecule has 0 radical (unpaired) electrons. The standard InChI is InChI=1S/C24H27F3N4O2/c1-14(2)33-21-12-19-16(13-31(30-19)17-9-7-15(3)8-10-17)11-20(21)29-23(32)18-5-4-6-22(28-18)24(25,26)27/h4-6,11-15,17H,7-10H2,1-3H3,(H,29,32). The number of pyridine rings is 1. The third-order valence-corrected chi connectivity index (χ3v) is 5.87. The predicted molar refractivity (Wildman–Crippen MR) is 119 cm³/mol. The van der Waals surface area contributed by atoms with Gasteiger partial charge < -0.3 is 10.1 Å². The van der Waals surface area contributed by atoms with E-state index in [0.717, 1.165) is 54.6 Å². The van der Waals surface area contributed by atoms with Crippen molar-refractivity contribution in [1.29, 1.82) is 0 Å². The number of rotatable bonds is 5. The van der Waals surface area contributed by atoms with E-state index >= 15 is 0 Å². The fraction of sp³-hybridized carbons (Fsp3) is 0.458. The summed E-state index contributed by atoms with van der Waals surface area (Å²) in [6.07, 6.45) is 1.60. The summed E-state index contributed by atoms with van der Waals surface area (Å²) < 4.78 is 46.8. The first-order valence-electron chi connectivity index (χ1n) is 11.2. The Morgan fingerprint density at radius 2 is 1.91 bits per heavy atom. The van der Waals surface area contributed by atoms with E-state index in [0.29, 0.717) is 17.5 Å². The quantitative estimate of drug-likeness (QED) is 0.489. The Balaban J connectivity index is 1.64. The summed E-state index contributed by atoms with van der Waals surface area (Å²) in [5.41, 5.74) is -0.350. The molecule has 2 heterocycles. The number of halogens is 3. The van der Waals surface area contributed by atoms with Crippen molar-refractivity contribution in [2.24, 2.45) is 5.92 Å². The molecule has 6 nitrogen and oxygen atoms in total. The molecular weight excluding hydrogens is 433 g/mol. The molecule has 0 spiro atoms. The van der Waals surface area contributed by atoms with Gasteiger partial charge in [-0.2, -0.15) is 18.3 Å². The number of ether oxygens (including phenoxy) is 1. The Labute approximate surface area is 190 Å². The molecule has 176 valence electrons. The lowest BCUT2D eigenvalue weighted by molar-refractivity contribution is -0.141. The first-order chi connectivity index (χ1) is 15.6. The van der Waals surface area contributed by atoms with Gasteiger partial charge in [-0.15, -0.1) is 0 Å². The van der Waals surface area contributed by atoms with Crippen molar-refractivity contribution in [3.63, 3.8) is 0 Å². The average molecular weight is 461 g/mol. The number of hydrogen-bond donors (Lipinski definition) is 1. The van der Waals surface area contributed by atoms with Gasteiger partial charge in [-0.3, -0.25) is 9.48 Å². The fourth-order valence-corrected chi connectivity index (χ4v) is 4.12. The Hall–Kier alpha value is -3.10. The van der Waals surface area contributed by atoms with Crippen molar-refractivity contribution >= 4 is 22.5 Å². The van der Waals surface area contributed by atoms with Crippen LogP contribution in [0.4, 0.5) is 18.9 Å². The number of anilines is 1. The molecule has 1 N–H and O–H groups in total. The summed E-state index contributed by atoms with van der Waals surface area (Å²) in [6.45, 7) is 5.97. The van der Waals surface area contributed by atoms with Crippen LogP contribution in [0.2, 0.25) is 0 Å². The number of carbonyl (C=O) groups excluding carboxylic acids is 1. The number of hydrogen-bond acceptors (Lipinski definition) is 4. The molecular formula is C24H27F3N4O2. The molecule has 1 amide bonds. The van der Waals surface area contributed by atoms with E-state index in [9.17, 15) is 18.0 Å². The molecule has 0 bridgehead atoms. The van der Waals surface area contributed by atoms with Crippen molar-refractivity contribution in [2.45, 2.75) is 64.8 Å². The number of benzene rings is 1. The highest BCUT2D eigenvalue weighted by Crippen LogP contribution is 2.35. The Morgan fingerprint density at radius 1 is 1.18 bits per heavy atom. The normalized spacial score (nSPS) is 19.1. The highest BCUT2D eigenvalue weighted by Gasteiger charge is 2.33. The first-order valence-corrected chi connectivity index (χ1v) is 11.2. The van der Waals surface area contributed by atoms with Crippen LogP contribution in [0.5, 0.6) is 5.75 Å². The monoisotopic (exact) mass is 460 g/mol. The molecule has 0 atom stereocenters.